The van der Waals surface area contributed by atoms with Gasteiger partial charge in [0.2, 0.25) is 0 Å². The number of hydrogen-bond donors (Lipinski definition) is 2. The maximum atomic E-state index is 11.6. The van der Waals surface area contributed by atoms with Gasteiger partial charge < -0.3 is 14.8 Å². The summed E-state index contributed by atoms with van der Waals surface area (Å²) in [5.41, 5.74) is 1.89. The highest BCUT2D eigenvalue weighted by Gasteiger charge is 2.23. The summed E-state index contributed by atoms with van der Waals surface area (Å²) >= 11 is 3.45. The molecule has 0 saturated carbocycles. The van der Waals surface area contributed by atoms with Crippen molar-refractivity contribution in [3.63, 3.8) is 0 Å². The Balaban J connectivity index is 1.84. The molecule has 1 aliphatic rings. The molecule has 128 valence electrons. The molecular formula is C18H15BrN2O4. The third-order valence-electron chi connectivity index (χ3n) is 3.54. The summed E-state index contributed by atoms with van der Waals surface area (Å²) in [4.78, 5) is 22.8. The smallest absolute Gasteiger partial charge is 0.326 e. The van der Waals surface area contributed by atoms with Gasteiger partial charge in [0.1, 0.15) is 12.3 Å². The number of carbonyl (C=O) groups is 2. The van der Waals surface area contributed by atoms with Crippen LogP contribution in [0.3, 0.4) is 0 Å². The molecule has 1 aliphatic heterocycles. The van der Waals surface area contributed by atoms with Crippen LogP contribution in [-0.2, 0) is 11.4 Å². The number of ether oxygens (including phenoxy) is 2. The Hall–Kier alpha value is -2.80. The van der Waals surface area contributed by atoms with Crippen molar-refractivity contribution in [2.45, 2.75) is 6.61 Å². The fraction of sp³-hybridized carbons (Fsp3) is 0.111. The number of halogens is 1. The molecule has 7 heteroatoms. The Morgan fingerprint density at radius 2 is 1.84 bits per heavy atom. The lowest BCUT2D eigenvalue weighted by atomic mass is 10.1. The third kappa shape index (κ3) is 4.00. The minimum absolute atomic E-state index is 0.172. The lowest BCUT2D eigenvalue weighted by molar-refractivity contribution is -0.115. The second kappa shape index (κ2) is 7.40. The van der Waals surface area contributed by atoms with E-state index in [0.29, 0.717) is 28.1 Å². The van der Waals surface area contributed by atoms with Crippen LogP contribution in [0.25, 0.3) is 6.08 Å². The highest BCUT2D eigenvalue weighted by molar-refractivity contribution is 9.10. The molecule has 3 amide bonds. The molecule has 2 aromatic carbocycles. The predicted octanol–water partition coefficient (Wildman–Crippen LogP) is 3.22. The molecule has 0 aromatic heterocycles. The van der Waals surface area contributed by atoms with Crippen LogP contribution in [-0.4, -0.2) is 19.0 Å². The van der Waals surface area contributed by atoms with Crippen LogP contribution in [0.5, 0.6) is 11.5 Å². The SMILES string of the molecule is COc1cc(/C=C2/NC(=O)NC2=O)c(Br)cc1OCc1ccccc1. The number of imide groups is 1. The van der Waals surface area contributed by atoms with Crippen molar-refractivity contribution in [2.75, 3.05) is 7.11 Å². The van der Waals surface area contributed by atoms with Crippen LogP contribution in [0.2, 0.25) is 0 Å². The predicted molar refractivity (Wildman–Crippen MR) is 96.1 cm³/mol. The van der Waals surface area contributed by atoms with E-state index in [1.807, 2.05) is 30.3 Å². The van der Waals surface area contributed by atoms with Crippen molar-refractivity contribution in [1.82, 2.24) is 10.6 Å². The van der Waals surface area contributed by atoms with Gasteiger partial charge in [-0.3, -0.25) is 10.1 Å². The van der Waals surface area contributed by atoms with Crippen LogP contribution in [0.1, 0.15) is 11.1 Å². The number of methoxy groups -OCH3 is 1. The molecule has 6 nitrogen and oxygen atoms in total. The summed E-state index contributed by atoms with van der Waals surface area (Å²) in [6.45, 7) is 0.405. The van der Waals surface area contributed by atoms with Crippen molar-refractivity contribution in [1.29, 1.82) is 0 Å². The molecule has 2 aromatic rings. The standard InChI is InChI=1S/C18H15BrN2O4/c1-24-15-8-12(7-14-17(22)21-18(23)20-14)13(19)9-16(15)25-10-11-5-3-2-4-6-11/h2-9H,10H2,1H3,(H2,20,21,22,23)/b14-7+. The number of benzene rings is 2. The molecule has 0 unspecified atom stereocenters. The van der Waals surface area contributed by atoms with E-state index >= 15 is 0 Å². The monoisotopic (exact) mass is 402 g/mol. The van der Waals surface area contributed by atoms with E-state index in [1.165, 1.54) is 0 Å². The second-order valence-electron chi connectivity index (χ2n) is 5.27. The maximum absolute atomic E-state index is 11.6. The highest BCUT2D eigenvalue weighted by Crippen LogP contribution is 2.35. The molecule has 0 aliphatic carbocycles. The van der Waals surface area contributed by atoms with E-state index in [1.54, 1.807) is 25.3 Å². The van der Waals surface area contributed by atoms with E-state index in [-0.39, 0.29) is 5.70 Å². The van der Waals surface area contributed by atoms with E-state index < -0.39 is 11.9 Å². The first-order valence-corrected chi connectivity index (χ1v) is 8.24. The molecule has 0 bridgehead atoms. The Kier molecular flexibility index (Phi) is 5.04. The molecule has 0 spiro atoms. The topological polar surface area (TPSA) is 76.7 Å². The van der Waals surface area contributed by atoms with E-state index in [2.05, 4.69) is 26.6 Å². The molecule has 2 N–H and O–H groups in total. The molecule has 1 heterocycles. The Bertz CT molecular complexity index is 850. The minimum Gasteiger partial charge on any atom is -0.493 e. The zero-order valence-corrected chi connectivity index (χ0v) is 14.9. The largest absolute Gasteiger partial charge is 0.493 e. The van der Waals surface area contributed by atoms with Crippen LogP contribution in [0, 0.1) is 0 Å². The van der Waals surface area contributed by atoms with Gasteiger partial charge in [-0.05, 0) is 29.3 Å². The van der Waals surface area contributed by atoms with E-state index in [0.717, 1.165) is 5.56 Å². The average molecular weight is 403 g/mol. The first-order chi connectivity index (χ1) is 12.1. The van der Waals surface area contributed by atoms with Crippen molar-refractivity contribution < 1.29 is 19.1 Å². The van der Waals surface area contributed by atoms with E-state index in [9.17, 15) is 9.59 Å². The fourth-order valence-electron chi connectivity index (χ4n) is 2.31. The van der Waals surface area contributed by atoms with E-state index in [4.69, 9.17) is 9.47 Å². The maximum Gasteiger partial charge on any atom is 0.326 e. The van der Waals surface area contributed by atoms with Gasteiger partial charge >= 0.3 is 6.03 Å². The van der Waals surface area contributed by atoms with Gasteiger partial charge in [0.25, 0.3) is 5.91 Å². The van der Waals surface area contributed by atoms with Gasteiger partial charge in [-0.25, -0.2) is 4.79 Å². The molecule has 1 saturated heterocycles. The van der Waals surface area contributed by atoms with Gasteiger partial charge in [-0.2, -0.15) is 0 Å². The van der Waals surface area contributed by atoms with Crippen molar-refractivity contribution in [3.8, 4) is 11.5 Å². The molecular weight excluding hydrogens is 388 g/mol. The summed E-state index contributed by atoms with van der Waals surface area (Å²) in [7, 11) is 1.54. The zero-order chi connectivity index (χ0) is 17.8. The summed E-state index contributed by atoms with van der Waals surface area (Å²) in [5.74, 6) is 0.622. The number of amides is 3. The number of nitrogens with one attached hydrogen (secondary N) is 2. The highest BCUT2D eigenvalue weighted by atomic mass is 79.9. The first-order valence-electron chi connectivity index (χ1n) is 7.45. The molecule has 3 rings (SSSR count). The van der Waals surface area contributed by atoms with Crippen LogP contribution in [0.4, 0.5) is 4.79 Å². The molecule has 0 radical (unpaired) electrons. The summed E-state index contributed by atoms with van der Waals surface area (Å²) in [5, 5.41) is 4.60. The normalized spacial score (nSPS) is 15.0. The van der Waals surface area contributed by atoms with Crippen molar-refractivity contribution in [2.24, 2.45) is 0 Å². The summed E-state index contributed by atoms with van der Waals surface area (Å²) < 4.78 is 11.9. The minimum atomic E-state index is -0.540. The Labute approximate surface area is 153 Å². The van der Waals surface area contributed by atoms with Gasteiger partial charge in [-0.15, -0.1) is 0 Å². The quantitative estimate of drug-likeness (QED) is 0.594. The molecule has 25 heavy (non-hydrogen) atoms. The third-order valence-corrected chi connectivity index (χ3v) is 4.23. The molecule has 0 atom stereocenters. The van der Waals surface area contributed by atoms with Crippen LogP contribution in [0.15, 0.2) is 52.6 Å². The fourth-order valence-corrected chi connectivity index (χ4v) is 2.74. The van der Waals surface area contributed by atoms with Gasteiger partial charge in [0, 0.05) is 4.47 Å². The number of hydrogen-bond acceptors (Lipinski definition) is 4. The Morgan fingerprint density at radius 1 is 1.08 bits per heavy atom. The van der Waals surface area contributed by atoms with Crippen molar-refractivity contribution in [3.05, 3.63) is 63.8 Å². The molecule has 1 fully saturated rings. The van der Waals surface area contributed by atoms with Gasteiger partial charge in [0.05, 0.1) is 7.11 Å². The van der Waals surface area contributed by atoms with Crippen LogP contribution < -0.4 is 20.1 Å². The van der Waals surface area contributed by atoms with Crippen LogP contribution >= 0.6 is 15.9 Å². The first kappa shape index (κ1) is 17.0. The Morgan fingerprint density at radius 3 is 2.48 bits per heavy atom. The summed E-state index contributed by atoms with van der Waals surface area (Å²) in [6, 6.07) is 12.7. The summed E-state index contributed by atoms with van der Waals surface area (Å²) in [6.07, 6.45) is 1.56. The van der Waals surface area contributed by atoms with Gasteiger partial charge in [0.15, 0.2) is 11.5 Å². The van der Waals surface area contributed by atoms with Crippen molar-refractivity contribution >= 4 is 33.9 Å². The zero-order valence-electron chi connectivity index (χ0n) is 13.3. The van der Waals surface area contributed by atoms with Gasteiger partial charge in [-0.1, -0.05) is 46.3 Å². The lowest BCUT2D eigenvalue weighted by Gasteiger charge is -2.13. The number of rotatable bonds is 5. The second-order valence-corrected chi connectivity index (χ2v) is 6.12. The average Bonchev–Trinajstić information content (AvgIpc) is 2.93. The number of urea groups is 1. The number of carbonyl (C=O) groups excluding carboxylic acids is 2. The lowest BCUT2D eigenvalue weighted by Crippen LogP contribution is -2.22.